The molecule has 0 aliphatic rings. The highest BCUT2D eigenvalue weighted by atomic mass is 127. The summed E-state index contributed by atoms with van der Waals surface area (Å²) in [5, 5.41) is 7.26. The molecular formula is C13H15IN4S. The molecule has 19 heavy (non-hydrogen) atoms. The predicted octanol–water partition coefficient (Wildman–Crippen LogP) is 3.98. The average Bonchev–Trinajstić information content (AvgIpc) is 2.41. The van der Waals surface area contributed by atoms with Crippen molar-refractivity contribution in [1.29, 1.82) is 0 Å². The van der Waals surface area contributed by atoms with Crippen LogP contribution >= 0.6 is 34.4 Å². The highest BCUT2D eigenvalue weighted by Gasteiger charge is 2.04. The fourth-order valence-corrected chi connectivity index (χ4v) is 2.27. The van der Waals surface area contributed by atoms with Crippen LogP contribution in [-0.2, 0) is 0 Å². The summed E-state index contributed by atoms with van der Waals surface area (Å²) in [7, 11) is 0. The maximum Gasteiger partial charge on any atom is 0.191 e. The van der Waals surface area contributed by atoms with Crippen LogP contribution in [0.1, 0.15) is 6.92 Å². The number of hydrogen-bond acceptors (Lipinski definition) is 5. The molecule has 4 nitrogen and oxygen atoms in total. The van der Waals surface area contributed by atoms with E-state index in [0.29, 0.717) is 0 Å². The van der Waals surface area contributed by atoms with Crippen molar-refractivity contribution in [2.75, 3.05) is 23.4 Å². The summed E-state index contributed by atoms with van der Waals surface area (Å²) in [4.78, 5) is 8.85. The Labute approximate surface area is 131 Å². The molecule has 0 aliphatic heterocycles. The van der Waals surface area contributed by atoms with Gasteiger partial charge in [0, 0.05) is 21.9 Å². The molecule has 0 unspecified atom stereocenters. The molecule has 2 N–H and O–H groups in total. The van der Waals surface area contributed by atoms with Gasteiger partial charge in [0.2, 0.25) is 0 Å². The first-order valence-electron chi connectivity index (χ1n) is 5.91. The van der Waals surface area contributed by atoms with Crippen molar-refractivity contribution >= 4 is 51.7 Å². The van der Waals surface area contributed by atoms with Gasteiger partial charge in [-0.05, 0) is 60.0 Å². The molecule has 2 rings (SSSR count). The molecule has 0 radical (unpaired) electrons. The Morgan fingerprint density at radius 2 is 1.84 bits per heavy atom. The van der Waals surface area contributed by atoms with Crippen molar-refractivity contribution in [2.45, 2.75) is 12.1 Å². The molecule has 0 saturated carbocycles. The van der Waals surface area contributed by atoms with Gasteiger partial charge in [0.05, 0.1) is 0 Å². The van der Waals surface area contributed by atoms with Crippen molar-refractivity contribution in [3.05, 3.63) is 33.9 Å². The van der Waals surface area contributed by atoms with Crippen molar-refractivity contribution in [2.24, 2.45) is 0 Å². The van der Waals surface area contributed by atoms with E-state index in [4.69, 9.17) is 0 Å². The lowest BCUT2D eigenvalue weighted by atomic mass is 10.3. The lowest BCUT2D eigenvalue weighted by molar-refractivity contribution is 0.967. The Bertz CT molecular complexity index is 545. The second-order valence-corrected chi connectivity index (χ2v) is 5.81. The summed E-state index contributed by atoms with van der Waals surface area (Å²) in [6.45, 7) is 2.89. The predicted molar refractivity (Wildman–Crippen MR) is 90.4 cm³/mol. The molecule has 0 spiro atoms. The SMILES string of the molecule is CCNc1cc(Nc2ccc(I)cc2)nc(SC)n1. The molecule has 6 heteroatoms. The molecule has 0 saturated heterocycles. The van der Waals surface area contributed by atoms with Gasteiger partial charge in [0.15, 0.2) is 5.16 Å². The van der Waals surface area contributed by atoms with Gasteiger partial charge in [0.25, 0.3) is 0 Å². The van der Waals surface area contributed by atoms with Crippen LogP contribution < -0.4 is 10.6 Å². The van der Waals surface area contributed by atoms with Gasteiger partial charge in [-0.25, -0.2) is 9.97 Å². The van der Waals surface area contributed by atoms with E-state index in [-0.39, 0.29) is 0 Å². The lowest BCUT2D eigenvalue weighted by Crippen LogP contribution is -2.03. The number of rotatable bonds is 5. The van der Waals surface area contributed by atoms with E-state index < -0.39 is 0 Å². The minimum Gasteiger partial charge on any atom is -0.370 e. The Hall–Kier alpha value is -1.02. The maximum absolute atomic E-state index is 4.45. The van der Waals surface area contributed by atoms with Crippen LogP contribution in [0.15, 0.2) is 35.5 Å². The molecule has 2 aromatic rings. The second-order valence-electron chi connectivity index (χ2n) is 3.79. The minimum absolute atomic E-state index is 0.756. The van der Waals surface area contributed by atoms with Gasteiger partial charge in [-0.15, -0.1) is 0 Å². The lowest BCUT2D eigenvalue weighted by Gasteiger charge is -2.09. The first kappa shape index (κ1) is 14.4. The number of aromatic nitrogens is 2. The number of nitrogens with one attached hydrogen (secondary N) is 2. The summed E-state index contributed by atoms with van der Waals surface area (Å²) in [6.07, 6.45) is 1.97. The van der Waals surface area contributed by atoms with E-state index in [1.165, 1.54) is 15.3 Å². The Morgan fingerprint density at radius 1 is 1.16 bits per heavy atom. The molecule has 100 valence electrons. The standard InChI is InChI=1S/C13H15IN4S/c1-3-15-11-8-12(18-13(17-11)19-2)16-10-6-4-9(14)5-7-10/h4-8H,3H2,1-2H3,(H2,15,16,17,18). The van der Waals surface area contributed by atoms with E-state index >= 15 is 0 Å². The number of thioether (sulfide) groups is 1. The number of benzene rings is 1. The van der Waals surface area contributed by atoms with Gasteiger partial charge in [-0.1, -0.05) is 11.8 Å². The minimum atomic E-state index is 0.756. The average molecular weight is 386 g/mol. The molecular weight excluding hydrogens is 371 g/mol. The maximum atomic E-state index is 4.45. The molecule has 0 amide bonds. The fourth-order valence-electron chi connectivity index (χ4n) is 1.53. The Kier molecular flexibility index (Phi) is 5.26. The largest absolute Gasteiger partial charge is 0.370 e. The summed E-state index contributed by atoms with van der Waals surface area (Å²) in [5.41, 5.74) is 1.02. The smallest absolute Gasteiger partial charge is 0.191 e. The summed E-state index contributed by atoms with van der Waals surface area (Å²) in [6, 6.07) is 10.1. The zero-order valence-electron chi connectivity index (χ0n) is 10.8. The topological polar surface area (TPSA) is 49.8 Å². The third kappa shape index (κ3) is 4.24. The number of halogens is 1. The van der Waals surface area contributed by atoms with E-state index in [9.17, 15) is 0 Å². The van der Waals surface area contributed by atoms with Crippen LogP contribution in [0.2, 0.25) is 0 Å². The molecule has 0 aliphatic carbocycles. The summed E-state index contributed by atoms with van der Waals surface area (Å²) >= 11 is 3.82. The van der Waals surface area contributed by atoms with Crippen LogP contribution in [0.4, 0.5) is 17.3 Å². The zero-order valence-corrected chi connectivity index (χ0v) is 13.7. The Morgan fingerprint density at radius 3 is 2.47 bits per heavy atom. The quantitative estimate of drug-likeness (QED) is 0.463. The third-order valence-electron chi connectivity index (χ3n) is 2.36. The fraction of sp³-hybridized carbons (Fsp3) is 0.231. The van der Waals surface area contributed by atoms with E-state index in [2.05, 4.69) is 55.3 Å². The number of anilines is 3. The highest BCUT2D eigenvalue weighted by molar-refractivity contribution is 14.1. The van der Waals surface area contributed by atoms with Crippen molar-refractivity contribution < 1.29 is 0 Å². The first-order valence-corrected chi connectivity index (χ1v) is 8.21. The molecule has 1 aromatic carbocycles. The Balaban J connectivity index is 2.23. The second kappa shape index (κ2) is 6.95. The summed E-state index contributed by atoms with van der Waals surface area (Å²) in [5.74, 6) is 1.64. The van der Waals surface area contributed by atoms with Crippen molar-refractivity contribution in [3.63, 3.8) is 0 Å². The molecule has 0 fully saturated rings. The zero-order chi connectivity index (χ0) is 13.7. The van der Waals surface area contributed by atoms with Crippen molar-refractivity contribution in [1.82, 2.24) is 9.97 Å². The number of nitrogens with zero attached hydrogens (tertiary/aromatic N) is 2. The van der Waals surface area contributed by atoms with E-state index in [1.54, 1.807) is 0 Å². The van der Waals surface area contributed by atoms with Crippen LogP contribution in [0.25, 0.3) is 0 Å². The highest BCUT2D eigenvalue weighted by Crippen LogP contribution is 2.21. The number of hydrogen-bond donors (Lipinski definition) is 2. The van der Waals surface area contributed by atoms with Gasteiger partial charge >= 0.3 is 0 Å². The van der Waals surface area contributed by atoms with Crippen LogP contribution in [0.5, 0.6) is 0 Å². The monoisotopic (exact) mass is 386 g/mol. The van der Waals surface area contributed by atoms with Crippen LogP contribution in [0, 0.1) is 3.57 Å². The normalized spacial score (nSPS) is 10.3. The molecule has 1 aromatic heterocycles. The van der Waals surface area contributed by atoms with Gasteiger partial charge < -0.3 is 10.6 Å². The molecule has 1 heterocycles. The van der Waals surface area contributed by atoms with Crippen LogP contribution in [-0.4, -0.2) is 22.8 Å². The van der Waals surface area contributed by atoms with Crippen molar-refractivity contribution in [3.8, 4) is 0 Å². The third-order valence-corrected chi connectivity index (χ3v) is 3.63. The van der Waals surface area contributed by atoms with Gasteiger partial charge in [0.1, 0.15) is 11.6 Å². The van der Waals surface area contributed by atoms with Gasteiger partial charge in [-0.3, -0.25) is 0 Å². The van der Waals surface area contributed by atoms with Crippen LogP contribution in [0.3, 0.4) is 0 Å². The molecule has 0 atom stereocenters. The summed E-state index contributed by atoms with van der Waals surface area (Å²) < 4.78 is 1.21. The first-order chi connectivity index (χ1) is 9.21. The van der Waals surface area contributed by atoms with Gasteiger partial charge in [-0.2, -0.15) is 0 Å². The van der Waals surface area contributed by atoms with E-state index in [0.717, 1.165) is 29.0 Å². The molecule has 0 bridgehead atoms. The van der Waals surface area contributed by atoms with E-state index in [1.807, 2.05) is 31.4 Å².